The summed E-state index contributed by atoms with van der Waals surface area (Å²) in [6, 6.07) is 21.9. The van der Waals surface area contributed by atoms with Crippen LogP contribution in [0.4, 0.5) is 10.1 Å². The molecule has 0 fully saturated rings. The van der Waals surface area contributed by atoms with Gasteiger partial charge < -0.3 is 10.2 Å². The van der Waals surface area contributed by atoms with Crippen LogP contribution in [0.5, 0.6) is 0 Å². The monoisotopic (exact) mass is 631 g/mol. The van der Waals surface area contributed by atoms with E-state index in [1.54, 1.807) is 11.0 Å². The fourth-order valence-electron chi connectivity index (χ4n) is 4.39. The number of nitrogens with one attached hydrogen (secondary N) is 1. The van der Waals surface area contributed by atoms with Crippen molar-refractivity contribution in [1.29, 1.82) is 0 Å². The summed E-state index contributed by atoms with van der Waals surface area (Å²) in [5.41, 5.74) is 1.69. The highest BCUT2D eigenvalue weighted by molar-refractivity contribution is 9.10. The number of carbonyl (C=O) groups is 2. The summed E-state index contributed by atoms with van der Waals surface area (Å²) in [6.07, 6.45) is 2.20. The third kappa shape index (κ3) is 9.16. The van der Waals surface area contributed by atoms with Gasteiger partial charge in [0.05, 0.1) is 11.9 Å². The van der Waals surface area contributed by atoms with Gasteiger partial charge in [-0.05, 0) is 48.2 Å². The van der Waals surface area contributed by atoms with Crippen LogP contribution in [0.3, 0.4) is 0 Å². The van der Waals surface area contributed by atoms with Crippen molar-refractivity contribution in [3.8, 4) is 0 Å². The Balaban J connectivity index is 1.88. The average Bonchev–Trinajstić information content (AvgIpc) is 2.92. The van der Waals surface area contributed by atoms with Crippen LogP contribution >= 0.6 is 15.9 Å². The lowest BCUT2D eigenvalue weighted by Gasteiger charge is -2.32. The summed E-state index contributed by atoms with van der Waals surface area (Å²) in [5.74, 6) is -1.21. The van der Waals surface area contributed by atoms with Crippen molar-refractivity contribution >= 4 is 43.5 Å². The van der Waals surface area contributed by atoms with Crippen LogP contribution in [0.1, 0.15) is 37.3 Å². The van der Waals surface area contributed by atoms with Gasteiger partial charge >= 0.3 is 0 Å². The topological polar surface area (TPSA) is 86.8 Å². The number of hydrogen-bond acceptors (Lipinski definition) is 4. The number of nitrogens with zero attached hydrogens (tertiary/aromatic N) is 2. The summed E-state index contributed by atoms with van der Waals surface area (Å²) in [4.78, 5) is 28.7. The SMILES string of the molecule is CCCNC(=O)[C@H](Cc1ccccc1)N(Cc1cccc(Br)c1)C(=O)CCCN(c1ccccc1F)S(C)(=O)=O. The Morgan fingerprint density at radius 1 is 0.975 bits per heavy atom. The molecule has 1 atom stereocenters. The first-order chi connectivity index (χ1) is 19.1. The third-order valence-electron chi connectivity index (χ3n) is 6.34. The zero-order valence-electron chi connectivity index (χ0n) is 22.7. The highest BCUT2D eigenvalue weighted by Crippen LogP contribution is 2.23. The fraction of sp³-hybridized carbons (Fsp3) is 0.333. The molecule has 3 rings (SSSR count). The van der Waals surface area contributed by atoms with E-state index >= 15 is 0 Å². The van der Waals surface area contributed by atoms with Gasteiger partial charge in [-0.3, -0.25) is 13.9 Å². The molecule has 0 saturated heterocycles. The predicted octanol–water partition coefficient (Wildman–Crippen LogP) is 5.30. The quantitative estimate of drug-likeness (QED) is 0.262. The molecule has 0 aliphatic carbocycles. The molecule has 10 heteroatoms. The molecule has 0 unspecified atom stereocenters. The summed E-state index contributed by atoms with van der Waals surface area (Å²) >= 11 is 3.47. The Hall–Kier alpha value is -3.24. The molecule has 40 heavy (non-hydrogen) atoms. The Bertz CT molecular complexity index is 1390. The standard InChI is InChI=1S/C30H35BrFN3O4S/c1-3-18-33-30(37)28(21-23-11-5-4-6-12-23)34(22-24-13-9-14-25(31)20-24)29(36)17-10-19-35(40(2,38)39)27-16-8-7-15-26(27)32/h4-9,11-16,20,28H,3,10,17-19,21-22H2,1-2H3,(H,33,37)/t28-/m0/s1. The van der Waals surface area contributed by atoms with Crippen molar-refractivity contribution in [3.05, 3.63) is 100 Å². The van der Waals surface area contributed by atoms with Gasteiger partial charge in [0.15, 0.2) is 0 Å². The number of benzene rings is 3. The van der Waals surface area contributed by atoms with Crippen molar-refractivity contribution in [2.75, 3.05) is 23.7 Å². The lowest BCUT2D eigenvalue weighted by Crippen LogP contribution is -2.50. The molecule has 2 amide bonds. The molecule has 0 aromatic heterocycles. The number of hydrogen-bond donors (Lipinski definition) is 1. The highest BCUT2D eigenvalue weighted by atomic mass is 79.9. The molecule has 3 aromatic rings. The van der Waals surface area contributed by atoms with E-state index in [2.05, 4.69) is 21.2 Å². The molecule has 0 radical (unpaired) electrons. The van der Waals surface area contributed by atoms with E-state index in [4.69, 9.17) is 0 Å². The summed E-state index contributed by atoms with van der Waals surface area (Å²) < 4.78 is 41.2. The van der Waals surface area contributed by atoms with Crippen LogP contribution in [0.15, 0.2) is 83.3 Å². The first-order valence-electron chi connectivity index (χ1n) is 13.2. The Kier molecular flexibility index (Phi) is 11.7. The van der Waals surface area contributed by atoms with Crippen LogP contribution in [0.25, 0.3) is 0 Å². The van der Waals surface area contributed by atoms with E-state index in [0.717, 1.165) is 32.6 Å². The first-order valence-corrected chi connectivity index (χ1v) is 15.8. The number of sulfonamides is 1. The lowest BCUT2D eigenvalue weighted by molar-refractivity contribution is -0.141. The maximum atomic E-state index is 14.4. The molecule has 0 aliphatic heterocycles. The van der Waals surface area contributed by atoms with Crippen LogP contribution in [0, 0.1) is 5.82 Å². The summed E-state index contributed by atoms with van der Waals surface area (Å²) in [5, 5.41) is 2.94. The number of rotatable bonds is 14. The van der Waals surface area contributed by atoms with Gasteiger partial charge in [-0.2, -0.15) is 0 Å². The summed E-state index contributed by atoms with van der Waals surface area (Å²) in [6.45, 7) is 2.55. The van der Waals surface area contributed by atoms with E-state index in [0.29, 0.717) is 13.0 Å². The Morgan fingerprint density at radius 3 is 2.30 bits per heavy atom. The molecule has 0 aliphatic rings. The van der Waals surface area contributed by atoms with Crippen LogP contribution in [-0.4, -0.2) is 50.5 Å². The minimum atomic E-state index is -3.79. The summed E-state index contributed by atoms with van der Waals surface area (Å²) in [7, 11) is -3.79. The second kappa shape index (κ2) is 14.9. The maximum absolute atomic E-state index is 14.4. The molecule has 0 heterocycles. The van der Waals surface area contributed by atoms with E-state index in [-0.39, 0.29) is 43.4 Å². The number of amides is 2. The molecular formula is C30H35BrFN3O4S. The average molecular weight is 633 g/mol. The smallest absolute Gasteiger partial charge is 0.243 e. The molecule has 214 valence electrons. The van der Waals surface area contributed by atoms with Gasteiger partial charge in [-0.1, -0.05) is 77.5 Å². The zero-order valence-corrected chi connectivity index (χ0v) is 25.1. The highest BCUT2D eigenvalue weighted by Gasteiger charge is 2.30. The van der Waals surface area contributed by atoms with Crippen LogP contribution < -0.4 is 9.62 Å². The molecule has 0 spiro atoms. The third-order valence-corrected chi connectivity index (χ3v) is 8.01. The number of carbonyl (C=O) groups excluding carboxylic acids is 2. The van der Waals surface area contributed by atoms with E-state index in [9.17, 15) is 22.4 Å². The second-order valence-corrected chi connectivity index (χ2v) is 12.4. The van der Waals surface area contributed by atoms with Crippen molar-refractivity contribution in [2.45, 2.75) is 45.2 Å². The van der Waals surface area contributed by atoms with E-state index in [1.807, 2.05) is 61.5 Å². The fourth-order valence-corrected chi connectivity index (χ4v) is 5.80. The van der Waals surface area contributed by atoms with Gasteiger partial charge in [0.25, 0.3) is 0 Å². The molecule has 0 saturated carbocycles. The van der Waals surface area contributed by atoms with Gasteiger partial charge in [-0.25, -0.2) is 12.8 Å². The van der Waals surface area contributed by atoms with Crippen molar-refractivity contribution < 1.29 is 22.4 Å². The maximum Gasteiger partial charge on any atom is 0.243 e. The van der Waals surface area contributed by atoms with E-state index in [1.165, 1.54) is 18.2 Å². The molecule has 7 nitrogen and oxygen atoms in total. The molecule has 0 bridgehead atoms. The van der Waals surface area contributed by atoms with Gasteiger partial charge in [0.1, 0.15) is 11.9 Å². The molecule has 1 N–H and O–H groups in total. The van der Waals surface area contributed by atoms with Crippen LogP contribution in [0.2, 0.25) is 0 Å². The molecular weight excluding hydrogens is 597 g/mol. The Labute approximate surface area is 244 Å². The number of halogens is 2. The van der Waals surface area contributed by atoms with Gasteiger partial charge in [0, 0.05) is 36.9 Å². The zero-order chi connectivity index (χ0) is 29.1. The minimum Gasteiger partial charge on any atom is -0.354 e. The number of para-hydroxylation sites is 1. The van der Waals surface area contributed by atoms with Crippen molar-refractivity contribution in [1.82, 2.24) is 10.2 Å². The minimum absolute atomic E-state index is 0.0270. The second-order valence-electron chi connectivity index (χ2n) is 9.54. The van der Waals surface area contributed by atoms with Crippen molar-refractivity contribution in [2.24, 2.45) is 0 Å². The van der Waals surface area contributed by atoms with E-state index < -0.39 is 21.9 Å². The van der Waals surface area contributed by atoms with Gasteiger partial charge in [-0.15, -0.1) is 0 Å². The van der Waals surface area contributed by atoms with Crippen LogP contribution in [-0.2, 0) is 32.6 Å². The van der Waals surface area contributed by atoms with Crippen molar-refractivity contribution in [3.63, 3.8) is 0 Å². The Morgan fingerprint density at radius 2 is 1.65 bits per heavy atom. The molecule has 3 aromatic carbocycles. The predicted molar refractivity (Wildman–Crippen MR) is 160 cm³/mol. The largest absolute Gasteiger partial charge is 0.354 e. The lowest BCUT2D eigenvalue weighted by atomic mass is 10.0. The number of anilines is 1. The first kappa shape index (κ1) is 31.3. The van der Waals surface area contributed by atoms with Gasteiger partial charge in [0.2, 0.25) is 21.8 Å². The normalized spacial score (nSPS) is 12.0.